The van der Waals surface area contributed by atoms with Gasteiger partial charge in [-0.3, -0.25) is 9.10 Å². The van der Waals surface area contributed by atoms with Gasteiger partial charge in [-0.15, -0.1) is 0 Å². The van der Waals surface area contributed by atoms with Crippen LogP contribution < -0.4 is 9.73 Å². The number of rotatable bonds is 7. The van der Waals surface area contributed by atoms with Crippen LogP contribution in [0.15, 0.2) is 82.8 Å². The molecule has 0 heterocycles. The Bertz CT molecular complexity index is 1300. The van der Waals surface area contributed by atoms with E-state index in [0.29, 0.717) is 15.9 Å². The first-order valence-corrected chi connectivity index (χ1v) is 11.7. The maximum atomic E-state index is 13.2. The molecule has 6 nitrogen and oxygen atoms in total. The Kier molecular flexibility index (Phi) is 7.86. The first-order chi connectivity index (χ1) is 16.0. The number of hydrogen-bond donors (Lipinski definition) is 1. The summed E-state index contributed by atoms with van der Waals surface area (Å²) >= 11 is 12.0. The highest BCUT2D eigenvalue weighted by molar-refractivity contribution is 7.92. The van der Waals surface area contributed by atoms with E-state index in [1.54, 1.807) is 24.3 Å². The third kappa shape index (κ3) is 6.07. The highest BCUT2D eigenvalue weighted by Gasteiger charge is 2.33. The Labute approximate surface area is 203 Å². The van der Waals surface area contributed by atoms with E-state index >= 15 is 0 Å². The fraction of sp³-hybridized carbons (Fsp3) is 0.0909. The maximum absolute atomic E-state index is 13.2. The molecule has 178 valence electrons. The monoisotopic (exact) mass is 529 g/mol. The Hall–Kier alpha value is -3.08. The number of amides is 1. The zero-order chi connectivity index (χ0) is 24.9. The van der Waals surface area contributed by atoms with E-state index in [1.807, 2.05) is 0 Å². The molecule has 0 aliphatic carbocycles. The Morgan fingerprint density at radius 1 is 0.971 bits per heavy atom. The molecular formula is C22H16Cl2F3N3O3S. The molecule has 0 radical (unpaired) electrons. The standard InChI is InChI=1S/C22H16Cl2F3N3O3S/c23-19-10-5-11-20(24)18(19)13-28-29-21(31)14-30(34(32,33)17-8-2-1-3-9-17)16-7-4-6-15(12-16)22(25,26)27/h1-13H,14H2,(H,29,31)/b28-13-. The Balaban J connectivity index is 1.92. The molecule has 0 unspecified atom stereocenters. The van der Waals surface area contributed by atoms with E-state index in [9.17, 15) is 26.4 Å². The van der Waals surface area contributed by atoms with E-state index in [2.05, 4.69) is 10.5 Å². The number of hydrazone groups is 1. The van der Waals surface area contributed by atoms with Gasteiger partial charge in [0, 0.05) is 5.56 Å². The minimum atomic E-state index is -4.71. The van der Waals surface area contributed by atoms with Crippen molar-refractivity contribution >= 4 is 51.0 Å². The van der Waals surface area contributed by atoms with Crippen LogP contribution in [0.2, 0.25) is 10.0 Å². The van der Waals surface area contributed by atoms with Crippen molar-refractivity contribution in [2.24, 2.45) is 5.10 Å². The first kappa shape index (κ1) is 25.5. The van der Waals surface area contributed by atoms with Crippen molar-refractivity contribution < 1.29 is 26.4 Å². The predicted molar refractivity (Wildman–Crippen MR) is 125 cm³/mol. The Morgan fingerprint density at radius 3 is 2.21 bits per heavy atom. The highest BCUT2D eigenvalue weighted by Crippen LogP contribution is 2.33. The molecule has 0 aliphatic rings. The van der Waals surface area contributed by atoms with Crippen LogP contribution in [-0.4, -0.2) is 27.1 Å². The predicted octanol–water partition coefficient (Wildman–Crippen LogP) is 5.36. The van der Waals surface area contributed by atoms with Gasteiger partial charge in [0.1, 0.15) is 6.54 Å². The summed E-state index contributed by atoms with van der Waals surface area (Å²) in [6.07, 6.45) is -3.54. The molecule has 3 aromatic carbocycles. The average Bonchev–Trinajstić information content (AvgIpc) is 2.79. The molecule has 0 aliphatic heterocycles. The lowest BCUT2D eigenvalue weighted by Gasteiger charge is -2.24. The Morgan fingerprint density at radius 2 is 1.59 bits per heavy atom. The van der Waals surface area contributed by atoms with E-state index < -0.39 is 34.2 Å². The van der Waals surface area contributed by atoms with Crippen molar-refractivity contribution in [2.75, 3.05) is 10.8 Å². The lowest BCUT2D eigenvalue weighted by Crippen LogP contribution is -2.39. The summed E-state index contributed by atoms with van der Waals surface area (Å²) in [6, 6.07) is 15.4. The topological polar surface area (TPSA) is 78.8 Å². The maximum Gasteiger partial charge on any atom is 0.416 e. The van der Waals surface area contributed by atoms with Gasteiger partial charge in [0.25, 0.3) is 15.9 Å². The van der Waals surface area contributed by atoms with Gasteiger partial charge in [-0.2, -0.15) is 18.3 Å². The molecule has 34 heavy (non-hydrogen) atoms. The van der Waals surface area contributed by atoms with Crippen molar-refractivity contribution in [3.63, 3.8) is 0 Å². The van der Waals surface area contributed by atoms with Gasteiger partial charge in [0.05, 0.1) is 32.4 Å². The number of carbonyl (C=O) groups is 1. The molecular weight excluding hydrogens is 514 g/mol. The normalized spacial score (nSPS) is 12.0. The molecule has 0 bridgehead atoms. The number of halogens is 5. The van der Waals surface area contributed by atoms with Gasteiger partial charge in [-0.25, -0.2) is 13.8 Å². The molecule has 3 rings (SSSR count). The molecule has 1 amide bonds. The molecule has 1 N–H and O–H groups in total. The number of benzene rings is 3. The summed E-state index contributed by atoms with van der Waals surface area (Å²) in [5, 5.41) is 4.26. The van der Waals surface area contributed by atoms with Crippen molar-refractivity contribution in [1.29, 1.82) is 0 Å². The number of nitrogens with one attached hydrogen (secondary N) is 1. The second-order valence-electron chi connectivity index (χ2n) is 6.80. The summed E-state index contributed by atoms with van der Waals surface area (Å²) < 4.78 is 66.6. The lowest BCUT2D eigenvalue weighted by molar-refractivity contribution is -0.137. The van der Waals surface area contributed by atoms with Crippen LogP contribution in [0.1, 0.15) is 11.1 Å². The molecule has 12 heteroatoms. The third-order valence-corrected chi connectivity index (χ3v) is 6.91. The molecule has 0 saturated carbocycles. The van der Waals surface area contributed by atoms with Crippen molar-refractivity contribution in [2.45, 2.75) is 11.1 Å². The second-order valence-corrected chi connectivity index (χ2v) is 9.48. The molecule has 0 atom stereocenters. The SMILES string of the molecule is O=C(CN(c1cccc(C(F)(F)F)c1)S(=O)(=O)c1ccccc1)N/N=C\c1c(Cl)cccc1Cl. The van der Waals surface area contributed by atoms with E-state index in [-0.39, 0.29) is 20.6 Å². The fourth-order valence-electron chi connectivity index (χ4n) is 2.84. The molecule has 0 aromatic heterocycles. The van der Waals surface area contributed by atoms with Crippen LogP contribution in [0.4, 0.5) is 18.9 Å². The van der Waals surface area contributed by atoms with Gasteiger partial charge in [-0.05, 0) is 42.5 Å². The minimum absolute atomic E-state index is 0.202. The van der Waals surface area contributed by atoms with Gasteiger partial charge in [0.2, 0.25) is 0 Å². The fourth-order valence-corrected chi connectivity index (χ4v) is 4.77. The molecule has 0 spiro atoms. The highest BCUT2D eigenvalue weighted by atomic mass is 35.5. The zero-order valence-corrected chi connectivity index (χ0v) is 19.5. The molecule has 3 aromatic rings. The number of sulfonamides is 1. The van der Waals surface area contributed by atoms with Crippen molar-refractivity contribution in [3.05, 3.63) is 94.0 Å². The zero-order valence-electron chi connectivity index (χ0n) is 17.1. The summed E-state index contributed by atoms with van der Waals surface area (Å²) in [5.41, 5.74) is 1.05. The number of nitrogens with zero attached hydrogens (tertiary/aromatic N) is 2. The van der Waals surface area contributed by atoms with E-state index in [1.165, 1.54) is 30.5 Å². The lowest BCUT2D eigenvalue weighted by atomic mass is 10.2. The van der Waals surface area contributed by atoms with Crippen LogP contribution in [-0.2, 0) is 21.0 Å². The minimum Gasteiger partial charge on any atom is -0.271 e. The van der Waals surface area contributed by atoms with Crippen molar-refractivity contribution in [1.82, 2.24) is 5.43 Å². The largest absolute Gasteiger partial charge is 0.416 e. The first-order valence-electron chi connectivity index (χ1n) is 9.51. The van der Waals surface area contributed by atoms with E-state index in [0.717, 1.165) is 18.2 Å². The summed E-state index contributed by atoms with van der Waals surface area (Å²) in [6.45, 7) is -0.841. The average molecular weight is 530 g/mol. The van der Waals surface area contributed by atoms with Crippen LogP contribution in [0.25, 0.3) is 0 Å². The third-order valence-electron chi connectivity index (χ3n) is 4.46. The summed E-state index contributed by atoms with van der Waals surface area (Å²) in [4.78, 5) is 12.3. The van der Waals surface area contributed by atoms with Crippen LogP contribution in [0, 0.1) is 0 Å². The van der Waals surface area contributed by atoms with E-state index in [4.69, 9.17) is 23.2 Å². The number of carbonyl (C=O) groups excluding carboxylic acids is 1. The second kappa shape index (κ2) is 10.5. The summed E-state index contributed by atoms with van der Waals surface area (Å²) in [7, 11) is -4.39. The number of anilines is 1. The van der Waals surface area contributed by atoms with Gasteiger partial charge in [0.15, 0.2) is 0 Å². The van der Waals surface area contributed by atoms with Crippen LogP contribution in [0.5, 0.6) is 0 Å². The van der Waals surface area contributed by atoms with Gasteiger partial charge >= 0.3 is 6.18 Å². The smallest absolute Gasteiger partial charge is 0.271 e. The van der Waals surface area contributed by atoms with Crippen molar-refractivity contribution in [3.8, 4) is 0 Å². The molecule has 0 fully saturated rings. The molecule has 0 saturated heterocycles. The quantitative estimate of drug-likeness (QED) is 0.330. The van der Waals surface area contributed by atoms with Crippen LogP contribution in [0.3, 0.4) is 0 Å². The number of alkyl halides is 3. The van der Waals surface area contributed by atoms with Gasteiger partial charge < -0.3 is 0 Å². The van der Waals surface area contributed by atoms with Gasteiger partial charge in [-0.1, -0.05) is 53.5 Å². The number of hydrogen-bond acceptors (Lipinski definition) is 4. The van der Waals surface area contributed by atoms with Crippen LogP contribution >= 0.6 is 23.2 Å². The summed E-state index contributed by atoms with van der Waals surface area (Å²) in [5.74, 6) is -0.906.